The fraction of sp³-hybridized carbons (Fsp3) is 0.133. The largest absolute Gasteiger partial charge is 0.494 e. The molecule has 6 nitrogen and oxygen atoms in total. The van der Waals surface area contributed by atoms with Crippen molar-refractivity contribution in [1.82, 2.24) is 14.8 Å². The molecule has 0 saturated heterocycles. The topological polar surface area (TPSA) is 71.9 Å². The van der Waals surface area contributed by atoms with E-state index in [2.05, 4.69) is 15.5 Å². The predicted molar refractivity (Wildman–Crippen MR) is 92.3 cm³/mol. The molecule has 0 spiro atoms. The van der Waals surface area contributed by atoms with E-state index < -0.39 is 5.82 Å². The Morgan fingerprint density at radius 1 is 1.50 bits per heavy atom. The molecule has 0 radical (unpaired) electrons. The number of H-pyrrole nitrogens is 1. The van der Waals surface area contributed by atoms with Crippen LogP contribution in [0.3, 0.4) is 0 Å². The summed E-state index contributed by atoms with van der Waals surface area (Å²) in [7, 11) is 1.41. The summed E-state index contributed by atoms with van der Waals surface area (Å²) in [6.07, 6.45) is 0. The summed E-state index contributed by atoms with van der Waals surface area (Å²) in [5.74, 6) is 0.0749. The normalized spacial score (nSPS) is 10.6. The van der Waals surface area contributed by atoms with Crippen molar-refractivity contribution in [2.75, 3.05) is 12.4 Å². The summed E-state index contributed by atoms with van der Waals surface area (Å²) in [5, 5.41) is 11.5. The van der Waals surface area contributed by atoms with Crippen molar-refractivity contribution in [3.8, 4) is 16.5 Å². The van der Waals surface area contributed by atoms with Gasteiger partial charge in [0.25, 0.3) is 0 Å². The number of ether oxygens (including phenoxy) is 1. The van der Waals surface area contributed by atoms with Crippen molar-refractivity contribution in [2.45, 2.75) is 6.54 Å². The highest BCUT2D eigenvalue weighted by atomic mass is 32.1. The molecule has 0 aliphatic carbocycles. The maximum Gasteiger partial charge on any atom is 0.244 e. The maximum atomic E-state index is 13.2. The van der Waals surface area contributed by atoms with E-state index in [9.17, 15) is 9.18 Å². The molecule has 0 atom stereocenters. The van der Waals surface area contributed by atoms with Gasteiger partial charge in [-0.05, 0) is 35.8 Å². The van der Waals surface area contributed by atoms with E-state index in [4.69, 9.17) is 17.0 Å². The minimum Gasteiger partial charge on any atom is -0.494 e. The number of carbonyl (C=O) groups excluding carboxylic acids is 1. The van der Waals surface area contributed by atoms with E-state index in [1.54, 1.807) is 4.57 Å². The van der Waals surface area contributed by atoms with Gasteiger partial charge >= 0.3 is 0 Å². The lowest BCUT2D eigenvalue weighted by Gasteiger charge is -2.11. The molecule has 0 fully saturated rings. The van der Waals surface area contributed by atoms with Crippen LogP contribution in [0.4, 0.5) is 10.1 Å². The number of amides is 1. The summed E-state index contributed by atoms with van der Waals surface area (Å²) in [5.41, 5.74) is 0.386. The fourth-order valence-corrected chi connectivity index (χ4v) is 3.08. The molecule has 24 heavy (non-hydrogen) atoms. The number of benzene rings is 1. The van der Waals surface area contributed by atoms with Gasteiger partial charge in [-0.15, -0.1) is 11.3 Å². The van der Waals surface area contributed by atoms with E-state index in [0.717, 1.165) is 4.88 Å². The minimum absolute atomic E-state index is 0.0247. The number of halogens is 1. The molecule has 124 valence electrons. The summed E-state index contributed by atoms with van der Waals surface area (Å²) in [4.78, 5) is 13.2. The van der Waals surface area contributed by atoms with Crippen LogP contribution in [0.25, 0.3) is 10.7 Å². The molecule has 2 heterocycles. The molecule has 1 amide bonds. The number of aromatic nitrogens is 3. The summed E-state index contributed by atoms with van der Waals surface area (Å²) in [6.45, 7) is -0.0247. The molecule has 0 unspecified atom stereocenters. The summed E-state index contributed by atoms with van der Waals surface area (Å²) in [6, 6.07) is 7.69. The lowest BCUT2D eigenvalue weighted by Crippen LogP contribution is -2.19. The van der Waals surface area contributed by atoms with Crippen molar-refractivity contribution in [3.63, 3.8) is 0 Å². The van der Waals surface area contributed by atoms with E-state index in [0.29, 0.717) is 16.3 Å². The van der Waals surface area contributed by atoms with Gasteiger partial charge in [-0.2, -0.15) is 5.10 Å². The summed E-state index contributed by atoms with van der Waals surface area (Å²) < 4.78 is 20.2. The molecular weight excluding hydrogens is 351 g/mol. The first-order valence-corrected chi connectivity index (χ1v) is 8.19. The standard InChI is InChI=1S/C15H13FN4O2S2/c1-22-11-7-9(16)4-5-10(11)17-13(21)8-20-14(18-19-15(20)23)12-3-2-6-24-12/h2-7H,8H2,1H3,(H,17,21)(H,19,23). The number of aromatic amines is 1. The second kappa shape index (κ2) is 6.93. The average Bonchev–Trinajstić information content (AvgIpc) is 3.20. The van der Waals surface area contributed by atoms with Gasteiger partial charge in [0.2, 0.25) is 5.91 Å². The highest BCUT2D eigenvalue weighted by Gasteiger charge is 2.14. The number of rotatable bonds is 5. The van der Waals surface area contributed by atoms with E-state index >= 15 is 0 Å². The molecule has 0 aliphatic heterocycles. The van der Waals surface area contributed by atoms with E-state index in [-0.39, 0.29) is 18.2 Å². The third-order valence-corrected chi connectivity index (χ3v) is 4.42. The van der Waals surface area contributed by atoms with Crippen LogP contribution in [0.2, 0.25) is 0 Å². The van der Waals surface area contributed by atoms with Gasteiger partial charge in [0.1, 0.15) is 18.1 Å². The fourth-order valence-electron chi connectivity index (χ4n) is 2.16. The van der Waals surface area contributed by atoms with Gasteiger partial charge in [0, 0.05) is 6.07 Å². The number of anilines is 1. The lowest BCUT2D eigenvalue weighted by molar-refractivity contribution is -0.116. The number of nitrogens with one attached hydrogen (secondary N) is 2. The lowest BCUT2D eigenvalue weighted by atomic mass is 10.3. The zero-order valence-electron chi connectivity index (χ0n) is 12.6. The Morgan fingerprint density at radius 3 is 3.04 bits per heavy atom. The molecule has 0 bridgehead atoms. The molecule has 3 aromatic rings. The van der Waals surface area contributed by atoms with Crippen molar-refractivity contribution >= 4 is 35.1 Å². The predicted octanol–water partition coefficient (Wildman–Crippen LogP) is 3.46. The number of methoxy groups -OCH3 is 1. The minimum atomic E-state index is -0.443. The van der Waals surface area contributed by atoms with Crippen LogP contribution in [0.5, 0.6) is 5.75 Å². The second-order valence-electron chi connectivity index (χ2n) is 4.81. The van der Waals surface area contributed by atoms with Crippen molar-refractivity contribution < 1.29 is 13.9 Å². The quantitative estimate of drug-likeness (QED) is 0.680. The van der Waals surface area contributed by atoms with Crippen LogP contribution < -0.4 is 10.1 Å². The van der Waals surface area contributed by atoms with E-state index in [1.807, 2.05) is 17.5 Å². The molecule has 2 N–H and O–H groups in total. The van der Waals surface area contributed by atoms with Crippen LogP contribution >= 0.6 is 23.6 Å². The van der Waals surface area contributed by atoms with E-state index in [1.165, 1.54) is 36.6 Å². The maximum absolute atomic E-state index is 13.2. The van der Waals surface area contributed by atoms with Gasteiger partial charge in [0.05, 0.1) is 17.7 Å². The molecular formula is C15H13FN4O2S2. The van der Waals surface area contributed by atoms with Crippen molar-refractivity contribution in [3.05, 3.63) is 46.3 Å². The number of hydrogen-bond acceptors (Lipinski definition) is 5. The molecule has 1 aromatic carbocycles. The molecule has 3 rings (SSSR count). The molecule has 9 heteroatoms. The Bertz CT molecular complexity index is 918. The Hall–Kier alpha value is -2.52. The smallest absolute Gasteiger partial charge is 0.244 e. The Kier molecular flexibility index (Phi) is 4.72. The van der Waals surface area contributed by atoms with Crippen LogP contribution in [0, 0.1) is 10.6 Å². The third kappa shape index (κ3) is 3.36. The van der Waals surface area contributed by atoms with Gasteiger partial charge in [-0.3, -0.25) is 14.5 Å². The first kappa shape index (κ1) is 16.3. The van der Waals surface area contributed by atoms with Crippen LogP contribution in [-0.4, -0.2) is 27.8 Å². The monoisotopic (exact) mass is 364 g/mol. The van der Waals surface area contributed by atoms with Gasteiger partial charge in [-0.1, -0.05) is 6.07 Å². The van der Waals surface area contributed by atoms with Crippen molar-refractivity contribution in [1.29, 1.82) is 0 Å². The Labute approximate surface area is 145 Å². The highest BCUT2D eigenvalue weighted by Crippen LogP contribution is 2.26. The summed E-state index contributed by atoms with van der Waals surface area (Å²) >= 11 is 6.69. The van der Waals surface area contributed by atoms with Gasteiger partial charge < -0.3 is 10.1 Å². The highest BCUT2D eigenvalue weighted by molar-refractivity contribution is 7.71. The van der Waals surface area contributed by atoms with Gasteiger partial charge in [-0.25, -0.2) is 4.39 Å². The third-order valence-electron chi connectivity index (χ3n) is 3.24. The van der Waals surface area contributed by atoms with Crippen molar-refractivity contribution in [2.24, 2.45) is 0 Å². The zero-order chi connectivity index (χ0) is 17.1. The van der Waals surface area contributed by atoms with Crippen LogP contribution in [-0.2, 0) is 11.3 Å². The Morgan fingerprint density at radius 2 is 2.33 bits per heavy atom. The van der Waals surface area contributed by atoms with Crippen LogP contribution in [0.1, 0.15) is 0 Å². The first-order chi connectivity index (χ1) is 11.6. The molecule has 0 aliphatic rings. The first-order valence-electron chi connectivity index (χ1n) is 6.91. The van der Waals surface area contributed by atoms with Gasteiger partial charge in [0.15, 0.2) is 10.6 Å². The Balaban J connectivity index is 1.82. The SMILES string of the molecule is COc1cc(F)ccc1NC(=O)Cn1c(-c2cccs2)n[nH]c1=S. The number of hydrogen-bond donors (Lipinski definition) is 2. The number of carbonyl (C=O) groups is 1. The number of thiophene rings is 1. The second-order valence-corrected chi connectivity index (χ2v) is 6.14. The average molecular weight is 364 g/mol. The number of nitrogens with zero attached hydrogens (tertiary/aromatic N) is 2. The zero-order valence-corrected chi connectivity index (χ0v) is 14.2. The van der Waals surface area contributed by atoms with Crippen LogP contribution in [0.15, 0.2) is 35.7 Å². The molecule has 0 saturated carbocycles. The molecule has 2 aromatic heterocycles.